The van der Waals surface area contributed by atoms with Crippen LogP contribution in [0.2, 0.25) is 0 Å². The van der Waals surface area contributed by atoms with Crippen LogP contribution in [-0.2, 0) is 30.4 Å². The van der Waals surface area contributed by atoms with E-state index in [9.17, 15) is 32.5 Å². The summed E-state index contributed by atoms with van der Waals surface area (Å²) in [6.07, 6.45) is -3.48. The zero-order valence-corrected chi connectivity index (χ0v) is 16.9. The van der Waals surface area contributed by atoms with Gasteiger partial charge in [0.05, 0.1) is 16.7 Å². The number of benzene rings is 2. The molecule has 4 rings (SSSR count). The van der Waals surface area contributed by atoms with E-state index in [-0.39, 0.29) is 34.9 Å². The Morgan fingerprint density at radius 3 is 2.55 bits per heavy atom. The van der Waals surface area contributed by atoms with E-state index in [2.05, 4.69) is 10.4 Å². The number of fused-ring (bicyclic) bond motifs is 1. The van der Waals surface area contributed by atoms with Crippen LogP contribution in [0.15, 0.2) is 42.5 Å². The van der Waals surface area contributed by atoms with E-state index in [0.717, 1.165) is 28.9 Å². The molecule has 0 bridgehead atoms. The maximum atomic E-state index is 13.2. The number of non-ortho nitro benzene ring substituents is 1. The largest absolute Gasteiger partial charge is 0.457 e. The van der Waals surface area contributed by atoms with Crippen molar-refractivity contribution < 1.29 is 32.0 Å². The van der Waals surface area contributed by atoms with Gasteiger partial charge in [-0.05, 0) is 43.5 Å². The zero-order chi connectivity index (χ0) is 23.8. The molecule has 1 aliphatic rings. The van der Waals surface area contributed by atoms with Gasteiger partial charge >= 0.3 is 6.18 Å². The lowest BCUT2D eigenvalue weighted by atomic mass is 10.2. The first-order valence-electron chi connectivity index (χ1n) is 9.78. The summed E-state index contributed by atoms with van der Waals surface area (Å²) < 4.78 is 59.3. The Kier molecular flexibility index (Phi) is 5.75. The van der Waals surface area contributed by atoms with Gasteiger partial charge in [0, 0.05) is 23.4 Å². The fraction of sp³-hybridized carbons (Fsp3) is 0.238. The first-order chi connectivity index (χ1) is 15.6. The molecule has 0 atom stereocenters. The van der Waals surface area contributed by atoms with E-state index in [4.69, 9.17) is 4.74 Å². The van der Waals surface area contributed by atoms with Crippen LogP contribution in [0.3, 0.4) is 0 Å². The van der Waals surface area contributed by atoms with E-state index in [1.807, 2.05) is 0 Å². The van der Waals surface area contributed by atoms with Crippen molar-refractivity contribution in [3.63, 3.8) is 0 Å². The summed E-state index contributed by atoms with van der Waals surface area (Å²) in [6, 6.07) is 8.45. The van der Waals surface area contributed by atoms with Crippen LogP contribution < -0.4 is 10.1 Å². The topological polar surface area (TPSA) is 99.3 Å². The number of aromatic nitrogens is 2. The van der Waals surface area contributed by atoms with Gasteiger partial charge in [0.1, 0.15) is 23.9 Å². The average molecular weight is 464 g/mol. The van der Waals surface area contributed by atoms with Crippen LogP contribution in [0.4, 0.5) is 28.9 Å². The molecule has 0 saturated carbocycles. The van der Waals surface area contributed by atoms with Crippen molar-refractivity contribution >= 4 is 17.3 Å². The van der Waals surface area contributed by atoms with Crippen molar-refractivity contribution in [1.82, 2.24) is 9.78 Å². The Balaban J connectivity index is 1.55. The number of ether oxygens (including phenoxy) is 1. The normalized spacial score (nSPS) is 13.0. The second-order valence-corrected chi connectivity index (χ2v) is 7.36. The Morgan fingerprint density at radius 2 is 1.88 bits per heavy atom. The molecule has 172 valence electrons. The highest BCUT2D eigenvalue weighted by molar-refractivity contribution is 5.91. The monoisotopic (exact) mass is 464 g/mol. The maximum absolute atomic E-state index is 13.2. The summed E-state index contributed by atoms with van der Waals surface area (Å²) in [7, 11) is 0. The Hall–Kier alpha value is -3.96. The summed E-state index contributed by atoms with van der Waals surface area (Å²) in [6.45, 7) is -0.491. The third-order valence-corrected chi connectivity index (χ3v) is 5.00. The lowest BCUT2D eigenvalue weighted by Gasteiger charge is -2.10. The summed E-state index contributed by atoms with van der Waals surface area (Å²) in [4.78, 5) is 23.1. The first-order valence-corrected chi connectivity index (χ1v) is 9.78. The van der Waals surface area contributed by atoms with Crippen LogP contribution in [-0.4, -0.2) is 20.6 Å². The number of anilines is 1. The van der Waals surface area contributed by atoms with Crippen LogP contribution in [0, 0.1) is 15.9 Å². The van der Waals surface area contributed by atoms with Crippen molar-refractivity contribution in [3.8, 4) is 11.5 Å². The van der Waals surface area contributed by atoms with E-state index in [0.29, 0.717) is 18.5 Å². The third kappa shape index (κ3) is 4.94. The van der Waals surface area contributed by atoms with Crippen LogP contribution in [0.25, 0.3) is 0 Å². The van der Waals surface area contributed by atoms with Gasteiger partial charge in [-0.3, -0.25) is 19.6 Å². The molecule has 1 heterocycles. The van der Waals surface area contributed by atoms with Gasteiger partial charge in [0.25, 0.3) is 5.69 Å². The third-order valence-electron chi connectivity index (χ3n) is 5.00. The second-order valence-electron chi connectivity index (χ2n) is 7.36. The number of carbonyl (C=O) groups excluding carboxylic acids is 1. The Morgan fingerprint density at radius 1 is 1.15 bits per heavy atom. The van der Waals surface area contributed by atoms with Crippen LogP contribution in [0.5, 0.6) is 11.5 Å². The lowest BCUT2D eigenvalue weighted by molar-refractivity contribution is -0.384. The molecule has 33 heavy (non-hydrogen) atoms. The molecule has 2 aromatic carbocycles. The predicted octanol–water partition coefficient (Wildman–Crippen LogP) is 4.87. The lowest BCUT2D eigenvalue weighted by Crippen LogP contribution is -2.21. The molecule has 0 saturated heterocycles. The average Bonchev–Trinajstić information content (AvgIpc) is 3.33. The van der Waals surface area contributed by atoms with E-state index in [1.54, 1.807) is 0 Å². The quantitative estimate of drug-likeness (QED) is 0.319. The summed E-state index contributed by atoms with van der Waals surface area (Å²) >= 11 is 0. The fourth-order valence-corrected chi connectivity index (χ4v) is 3.66. The number of nitro benzene ring substituents is 1. The number of rotatable bonds is 6. The highest BCUT2D eigenvalue weighted by Crippen LogP contribution is 2.36. The highest BCUT2D eigenvalue weighted by Gasteiger charge is 2.40. The SMILES string of the molecule is O=C(Cn1nc(C(F)(F)F)c2c1CCC2)Nc1cc(Oc2ccc(F)cc2)cc([N+](=O)[O-])c1. The van der Waals surface area contributed by atoms with E-state index < -0.39 is 35.1 Å². The molecule has 1 amide bonds. The molecular formula is C21H16F4N4O4. The minimum absolute atomic E-state index is 0.00504. The van der Waals surface area contributed by atoms with E-state index >= 15 is 0 Å². The smallest absolute Gasteiger partial charge is 0.435 e. The molecule has 0 spiro atoms. The molecule has 0 radical (unpaired) electrons. The van der Waals surface area contributed by atoms with Crippen molar-refractivity contribution in [2.75, 3.05) is 5.32 Å². The molecule has 1 aliphatic carbocycles. The fourth-order valence-electron chi connectivity index (χ4n) is 3.66. The molecule has 1 N–H and O–H groups in total. The predicted molar refractivity (Wildman–Crippen MR) is 107 cm³/mol. The number of nitrogens with one attached hydrogen (secondary N) is 1. The van der Waals surface area contributed by atoms with E-state index in [1.165, 1.54) is 18.2 Å². The molecule has 0 aliphatic heterocycles. The highest BCUT2D eigenvalue weighted by atomic mass is 19.4. The summed E-state index contributed by atoms with van der Waals surface area (Å²) in [5.74, 6) is -0.992. The number of hydrogen-bond donors (Lipinski definition) is 1. The number of hydrogen-bond acceptors (Lipinski definition) is 5. The van der Waals surface area contributed by atoms with Gasteiger partial charge in [0.2, 0.25) is 5.91 Å². The minimum atomic E-state index is -4.62. The van der Waals surface area contributed by atoms with Gasteiger partial charge in [0.15, 0.2) is 5.69 Å². The molecule has 1 aromatic heterocycles. The van der Waals surface area contributed by atoms with Gasteiger partial charge in [-0.2, -0.15) is 18.3 Å². The second kappa shape index (κ2) is 8.52. The number of carbonyl (C=O) groups is 1. The number of amides is 1. The van der Waals surface area contributed by atoms with Gasteiger partial charge in [-0.15, -0.1) is 0 Å². The number of halogens is 4. The minimum Gasteiger partial charge on any atom is -0.457 e. The number of nitro groups is 1. The molecule has 3 aromatic rings. The Bertz CT molecular complexity index is 1220. The molecule has 8 nitrogen and oxygen atoms in total. The summed E-state index contributed by atoms with van der Waals surface area (Å²) in [5.41, 5.74) is -0.916. The zero-order valence-electron chi connectivity index (χ0n) is 16.9. The molecular weight excluding hydrogens is 448 g/mol. The standard InChI is InChI=1S/C21H16F4N4O4/c22-12-4-6-15(7-5-12)33-16-9-13(8-14(10-16)29(31)32)26-19(30)11-28-18-3-1-2-17(18)20(27-28)21(23,24)25/h4-10H,1-3,11H2,(H,26,30). The van der Waals surface area contributed by atoms with Crippen molar-refractivity contribution in [2.45, 2.75) is 32.0 Å². The number of alkyl halides is 3. The Labute approximate surface area is 183 Å². The molecule has 0 unspecified atom stereocenters. The summed E-state index contributed by atoms with van der Waals surface area (Å²) in [5, 5.41) is 17.3. The van der Waals surface area contributed by atoms with Crippen LogP contribution in [0.1, 0.15) is 23.4 Å². The van der Waals surface area contributed by atoms with Crippen LogP contribution >= 0.6 is 0 Å². The van der Waals surface area contributed by atoms with Crippen molar-refractivity contribution in [3.05, 3.63) is 75.3 Å². The first kappa shape index (κ1) is 22.2. The molecule has 12 heteroatoms. The van der Waals surface area contributed by atoms with Crippen molar-refractivity contribution in [1.29, 1.82) is 0 Å². The van der Waals surface area contributed by atoms with Crippen molar-refractivity contribution in [2.24, 2.45) is 0 Å². The van der Waals surface area contributed by atoms with Gasteiger partial charge in [-0.1, -0.05) is 0 Å². The van der Waals surface area contributed by atoms with Gasteiger partial charge in [-0.25, -0.2) is 4.39 Å². The number of nitrogens with zero attached hydrogens (tertiary/aromatic N) is 3. The van der Waals surface area contributed by atoms with Gasteiger partial charge < -0.3 is 10.1 Å². The molecule has 0 fully saturated rings. The maximum Gasteiger partial charge on any atom is 0.435 e.